The molecule has 0 unspecified atom stereocenters. The molecule has 1 N–H and O–H groups in total. The minimum atomic E-state index is -0.483. The molecule has 0 fully saturated rings. The van der Waals surface area contributed by atoms with Crippen LogP contribution in [0.15, 0.2) is 18.2 Å². The Bertz CT molecular complexity index is 502. The maximum absolute atomic E-state index is 12.4. The molecular formula is C14H18ClNO4. The minimum Gasteiger partial charge on any atom is -0.507 e. The number of carbonyl (C=O) groups excluding carboxylic acids is 2. The third-order valence-corrected chi connectivity index (χ3v) is 2.91. The highest BCUT2D eigenvalue weighted by Gasteiger charge is 2.24. The van der Waals surface area contributed by atoms with Gasteiger partial charge in [0.2, 0.25) is 0 Å². The van der Waals surface area contributed by atoms with E-state index in [1.807, 2.05) is 0 Å². The third kappa shape index (κ3) is 4.13. The van der Waals surface area contributed by atoms with Gasteiger partial charge in [0.1, 0.15) is 12.3 Å². The number of ether oxygens (including phenoxy) is 1. The van der Waals surface area contributed by atoms with E-state index in [0.29, 0.717) is 5.02 Å². The monoisotopic (exact) mass is 299 g/mol. The lowest BCUT2D eigenvalue weighted by Gasteiger charge is -2.26. The number of carbonyl (C=O) groups is 2. The molecule has 110 valence electrons. The molecule has 6 heteroatoms. The fourth-order valence-corrected chi connectivity index (χ4v) is 1.84. The van der Waals surface area contributed by atoms with Crippen molar-refractivity contribution in [1.82, 2.24) is 4.90 Å². The predicted molar refractivity (Wildman–Crippen MR) is 75.9 cm³/mol. The number of esters is 1. The van der Waals surface area contributed by atoms with Gasteiger partial charge >= 0.3 is 5.97 Å². The molecule has 0 spiro atoms. The molecule has 0 saturated carbocycles. The first-order valence-electron chi connectivity index (χ1n) is 6.32. The molecule has 0 radical (unpaired) electrons. The number of nitrogens with zero attached hydrogens (tertiary/aromatic N) is 1. The summed E-state index contributed by atoms with van der Waals surface area (Å²) in [7, 11) is 0. The number of aromatic hydroxyl groups is 1. The van der Waals surface area contributed by atoms with Crippen molar-refractivity contribution in [2.24, 2.45) is 0 Å². The normalized spacial score (nSPS) is 10.4. The largest absolute Gasteiger partial charge is 0.507 e. The fraction of sp³-hybridized carbons (Fsp3) is 0.429. The van der Waals surface area contributed by atoms with E-state index >= 15 is 0 Å². The zero-order valence-corrected chi connectivity index (χ0v) is 12.5. The van der Waals surface area contributed by atoms with Crippen molar-refractivity contribution in [1.29, 1.82) is 0 Å². The maximum Gasteiger partial charge on any atom is 0.325 e. The van der Waals surface area contributed by atoms with Crippen LogP contribution in [0.4, 0.5) is 0 Å². The van der Waals surface area contributed by atoms with Gasteiger partial charge in [0.25, 0.3) is 5.91 Å². The molecular weight excluding hydrogens is 282 g/mol. The summed E-state index contributed by atoms with van der Waals surface area (Å²) in [5, 5.41) is 10.1. The number of halogens is 1. The molecule has 5 nitrogen and oxygen atoms in total. The van der Waals surface area contributed by atoms with Crippen LogP contribution in [0.2, 0.25) is 5.02 Å². The number of hydrogen-bond donors (Lipinski definition) is 1. The van der Waals surface area contributed by atoms with Gasteiger partial charge in [0.05, 0.1) is 12.2 Å². The molecule has 0 aromatic heterocycles. The second-order valence-corrected chi connectivity index (χ2v) is 4.93. The van der Waals surface area contributed by atoms with E-state index in [4.69, 9.17) is 16.3 Å². The molecule has 0 atom stereocenters. The second kappa shape index (κ2) is 7.14. The number of hydrogen-bond acceptors (Lipinski definition) is 4. The van der Waals surface area contributed by atoms with Crippen molar-refractivity contribution >= 4 is 23.5 Å². The van der Waals surface area contributed by atoms with Gasteiger partial charge < -0.3 is 14.7 Å². The summed E-state index contributed by atoms with van der Waals surface area (Å²) in [5.74, 6) is -1.14. The zero-order valence-electron chi connectivity index (χ0n) is 11.7. The van der Waals surface area contributed by atoms with Crippen LogP contribution in [-0.4, -0.2) is 41.1 Å². The van der Waals surface area contributed by atoms with Gasteiger partial charge in [-0.25, -0.2) is 0 Å². The molecule has 1 aromatic rings. The first kappa shape index (κ1) is 16.3. The molecule has 0 aliphatic heterocycles. The highest BCUT2D eigenvalue weighted by molar-refractivity contribution is 6.30. The van der Waals surface area contributed by atoms with E-state index in [1.54, 1.807) is 20.8 Å². The van der Waals surface area contributed by atoms with Gasteiger partial charge in [-0.15, -0.1) is 0 Å². The Morgan fingerprint density at radius 1 is 1.40 bits per heavy atom. The highest BCUT2D eigenvalue weighted by Crippen LogP contribution is 2.23. The smallest absolute Gasteiger partial charge is 0.325 e. The fourth-order valence-electron chi connectivity index (χ4n) is 1.67. The molecule has 1 amide bonds. The first-order chi connectivity index (χ1) is 9.36. The van der Waals surface area contributed by atoms with E-state index in [1.165, 1.54) is 23.1 Å². The number of phenols is 1. The summed E-state index contributed by atoms with van der Waals surface area (Å²) >= 11 is 5.73. The number of benzene rings is 1. The Balaban J connectivity index is 2.96. The van der Waals surface area contributed by atoms with Crippen molar-refractivity contribution in [3.05, 3.63) is 28.8 Å². The molecule has 0 saturated heterocycles. The topological polar surface area (TPSA) is 66.8 Å². The lowest BCUT2D eigenvalue weighted by atomic mass is 10.1. The molecule has 1 aromatic carbocycles. The quantitative estimate of drug-likeness (QED) is 0.848. The van der Waals surface area contributed by atoms with Gasteiger partial charge in [0.15, 0.2) is 0 Å². The summed E-state index contributed by atoms with van der Waals surface area (Å²) in [4.78, 5) is 25.2. The van der Waals surface area contributed by atoms with Crippen LogP contribution in [0.5, 0.6) is 5.75 Å². The Labute approximate surface area is 123 Å². The van der Waals surface area contributed by atoms with Crippen LogP contribution in [0.25, 0.3) is 0 Å². The van der Waals surface area contributed by atoms with Crippen molar-refractivity contribution < 1.29 is 19.4 Å². The number of phenolic OH excluding ortho intramolecular Hbond substituents is 1. The van der Waals surface area contributed by atoms with E-state index < -0.39 is 11.9 Å². The van der Waals surface area contributed by atoms with Crippen molar-refractivity contribution in [3.63, 3.8) is 0 Å². The first-order valence-corrected chi connectivity index (χ1v) is 6.69. The van der Waals surface area contributed by atoms with Crippen LogP contribution in [0.3, 0.4) is 0 Å². The Kier molecular flexibility index (Phi) is 5.82. The van der Waals surface area contributed by atoms with E-state index in [0.717, 1.165) is 0 Å². The maximum atomic E-state index is 12.4. The number of rotatable bonds is 5. The van der Waals surface area contributed by atoms with Crippen LogP contribution in [0, 0.1) is 0 Å². The van der Waals surface area contributed by atoms with Gasteiger partial charge in [-0.3, -0.25) is 9.59 Å². The average molecular weight is 300 g/mol. The van der Waals surface area contributed by atoms with Crippen LogP contribution in [-0.2, 0) is 9.53 Å². The summed E-state index contributed by atoms with van der Waals surface area (Å²) in [6, 6.07) is 4.03. The van der Waals surface area contributed by atoms with Crippen molar-refractivity contribution in [2.75, 3.05) is 13.2 Å². The van der Waals surface area contributed by atoms with E-state index in [2.05, 4.69) is 0 Å². The van der Waals surface area contributed by atoms with E-state index in [9.17, 15) is 14.7 Å². The molecule has 1 rings (SSSR count). The predicted octanol–water partition coefficient (Wildman–Crippen LogP) is 2.46. The standard InChI is InChI=1S/C14H18ClNO4/c1-4-20-13(18)8-16(9(2)3)14(19)11-6-5-10(15)7-12(11)17/h5-7,9,17H,4,8H2,1-3H3. The van der Waals surface area contributed by atoms with Gasteiger partial charge in [-0.2, -0.15) is 0 Å². The molecule has 0 bridgehead atoms. The average Bonchev–Trinajstić information content (AvgIpc) is 2.35. The third-order valence-electron chi connectivity index (χ3n) is 2.68. The Hall–Kier alpha value is -1.75. The van der Waals surface area contributed by atoms with E-state index in [-0.39, 0.29) is 30.5 Å². The summed E-state index contributed by atoms with van der Waals surface area (Å²) in [6.45, 7) is 5.36. The summed E-state index contributed by atoms with van der Waals surface area (Å²) < 4.78 is 4.84. The zero-order chi connectivity index (χ0) is 15.3. The molecule has 0 aliphatic carbocycles. The SMILES string of the molecule is CCOC(=O)CN(C(=O)c1ccc(Cl)cc1O)C(C)C. The Morgan fingerprint density at radius 3 is 2.55 bits per heavy atom. The van der Waals surface area contributed by atoms with Gasteiger partial charge in [-0.05, 0) is 39.0 Å². The lowest BCUT2D eigenvalue weighted by Crippen LogP contribution is -2.41. The highest BCUT2D eigenvalue weighted by atomic mass is 35.5. The van der Waals surface area contributed by atoms with Crippen LogP contribution >= 0.6 is 11.6 Å². The number of amides is 1. The second-order valence-electron chi connectivity index (χ2n) is 4.49. The minimum absolute atomic E-state index is 0.104. The van der Waals surface area contributed by atoms with Gasteiger partial charge in [0, 0.05) is 11.1 Å². The summed E-state index contributed by atoms with van der Waals surface area (Å²) in [6.07, 6.45) is 0. The van der Waals surface area contributed by atoms with Gasteiger partial charge in [-0.1, -0.05) is 11.6 Å². The van der Waals surface area contributed by atoms with Crippen molar-refractivity contribution in [2.45, 2.75) is 26.8 Å². The molecule has 20 heavy (non-hydrogen) atoms. The summed E-state index contributed by atoms with van der Waals surface area (Å²) in [5.41, 5.74) is 0.104. The lowest BCUT2D eigenvalue weighted by molar-refractivity contribution is -0.144. The van der Waals surface area contributed by atoms with Crippen molar-refractivity contribution in [3.8, 4) is 5.75 Å². The molecule has 0 heterocycles. The molecule has 0 aliphatic rings. The Morgan fingerprint density at radius 2 is 2.05 bits per heavy atom. The van der Waals surface area contributed by atoms with Crippen LogP contribution in [0.1, 0.15) is 31.1 Å². The van der Waals surface area contributed by atoms with Crippen LogP contribution < -0.4 is 0 Å².